The summed E-state index contributed by atoms with van der Waals surface area (Å²) in [5.41, 5.74) is 2.54. The minimum atomic E-state index is -1.14. The maximum Gasteiger partial charge on any atom is 0.207 e. The Morgan fingerprint density at radius 1 is 1.42 bits per heavy atom. The minimum absolute atomic E-state index is 0.0464. The van der Waals surface area contributed by atoms with Crippen LogP contribution < -0.4 is 4.74 Å². The average Bonchev–Trinajstić information content (AvgIpc) is 2.65. The molecule has 0 fully saturated rings. The molecule has 0 amide bonds. The summed E-state index contributed by atoms with van der Waals surface area (Å²) in [6, 6.07) is 3.70. The molecule has 1 unspecified atom stereocenters. The highest BCUT2D eigenvalue weighted by molar-refractivity contribution is 6.05. The number of Topliss-reactive ketones (excluding diaryl/α,β-unsaturated/α-hetero) is 1. The number of fused-ring (bicyclic) bond motifs is 3. The summed E-state index contributed by atoms with van der Waals surface area (Å²) in [4.78, 5) is 12.2. The molecule has 4 heteroatoms. The van der Waals surface area contributed by atoms with Crippen LogP contribution in [0.25, 0.3) is 0 Å². The van der Waals surface area contributed by atoms with Gasteiger partial charge in [-0.25, -0.2) is 0 Å². The van der Waals surface area contributed by atoms with Gasteiger partial charge in [0.2, 0.25) is 5.78 Å². The van der Waals surface area contributed by atoms with E-state index < -0.39 is 11.9 Å². The van der Waals surface area contributed by atoms with Crippen molar-refractivity contribution in [2.75, 3.05) is 0 Å². The van der Waals surface area contributed by atoms with E-state index in [1.54, 1.807) is 13.0 Å². The molecule has 0 saturated heterocycles. The fraction of sp³-hybridized carbons (Fsp3) is 0.533. The van der Waals surface area contributed by atoms with E-state index in [1.165, 1.54) is 0 Å². The van der Waals surface area contributed by atoms with Crippen molar-refractivity contribution >= 4 is 5.78 Å². The summed E-state index contributed by atoms with van der Waals surface area (Å²) in [6.45, 7) is 5.88. The monoisotopic (exact) mass is 262 g/mol. The zero-order chi connectivity index (χ0) is 13.8. The van der Waals surface area contributed by atoms with Gasteiger partial charge in [0.1, 0.15) is 5.75 Å². The number of ether oxygens (including phenoxy) is 2. The van der Waals surface area contributed by atoms with Crippen LogP contribution in [0.2, 0.25) is 0 Å². The molecule has 102 valence electrons. The van der Waals surface area contributed by atoms with E-state index in [1.807, 2.05) is 19.9 Å². The first-order valence-electron chi connectivity index (χ1n) is 6.61. The minimum Gasteiger partial charge on any atom is -0.481 e. The first-order valence-corrected chi connectivity index (χ1v) is 6.61. The Bertz CT molecular complexity index is 545. The van der Waals surface area contributed by atoms with Crippen molar-refractivity contribution < 1.29 is 19.4 Å². The SMILES string of the molecule is CC(C)C1Oc2c(ccc3c2CO[C@@](C)(O)C3)C1=O. The molecule has 4 nitrogen and oxygen atoms in total. The first-order chi connectivity index (χ1) is 8.89. The highest BCUT2D eigenvalue weighted by Gasteiger charge is 2.39. The van der Waals surface area contributed by atoms with Crippen molar-refractivity contribution in [3.63, 3.8) is 0 Å². The number of carbonyl (C=O) groups is 1. The summed E-state index contributed by atoms with van der Waals surface area (Å²) >= 11 is 0. The van der Waals surface area contributed by atoms with Crippen LogP contribution in [0.15, 0.2) is 12.1 Å². The van der Waals surface area contributed by atoms with Crippen LogP contribution >= 0.6 is 0 Å². The molecule has 2 aliphatic heterocycles. The summed E-state index contributed by atoms with van der Waals surface area (Å²) in [6.07, 6.45) is 0.0170. The van der Waals surface area contributed by atoms with Gasteiger partial charge >= 0.3 is 0 Å². The molecule has 1 aromatic rings. The third-order valence-electron chi connectivity index (χ3n) is 3.78. The van der Waals surface area contributed by atoms with Crippen LogP contribution in [0.1, 0.15) is 42.3 Å². The summed E-state index contributed by atoms with van der Waals surface area (Å²) in [5.74, 6) is -0.300. The van der Waals surface area contributed by atoms with E-state index in [-0.39, 0.29) is 18.3 Å². The number of benzene rings is 1. The number of hydrogen-bond donors (Lipinski definition) is 1. The van der Waals surface area contributed by atoms with E-state index >= 15 is 0 Å². The van der Waals surface area contributed by atoms with Gasteiger partial charge in [0.15, 0.2) is 11.9 Å². The predicted octanol–water partition coefficient (Wildman–Crippen LogP) is 2.07. The van der Waals surface area contributed by atoms with Gasteiger partial charge in [0.25, 0.3) is 0 Å². The Labute approximate surface area is 112 Å². The molecule has 1 N–H and O–H groups in total. The topological polar surface area (TPSA) is 55.8 Å². The molecule has 3 rings (SSSR count). The Balaban J connectivity index is 2.04. The largest absolute Gasteiger partial charge is 0.481 e. The fourth-order valence-electron chi connectivity index (χ4n) is 2.73. The quantitative estimate of drug-likeness (QED) is 0.841. The Kier molecular flexibility index (Phi) is 2.69. The molecule has 0 saturated carbocycles. The lowest BCUT2D eigenvalue weighted by Crippen LogP contribution is -2.35. The maximum absolute atomic E-state index is 12.2. The van der Waals surface area contributed by atoms with Crippen LogP contribution in [0, 0.1) is 5.92 Å². The van der Waals surface area contributed by atoms with Gasteiger partial charge in [0.05, 0.1) is 12.2 Å². The third-order valence-corrected chi connectivity index (χ3v) is 3.78. The molecule has 19 heavy (non-hydrogen) atoms. The highest BCUT2D eigenvalue weighted by atomic mass is 16.6. The molecule has 1 aromatic carbocycles. The number of hydrogen-bond acceptors (Lipinski definition) is 4. The Hall–Kier alpha value is -1.39. The zero-order valence-electron chi connectivity index (χ0n) is 11.4. The summed E-state index contributed by atoms with van der Waals surface area (Å²) in [5, 5.41) is 9.93. The van der Waals surface area contributed by atoms with Crippen molar-refractivity contribution in [1.82, 2.24) is 0 Å². The van der Waals surface area contributed by atoms with Crippen molar-refractivity contribution in [3.8, 4) is 5.75 Å². The molecule has 2 heterocycles. The van der Waals surface area contributed by atoms with Crippen LogP contribution in [0.5, 0.6) is 5.75 Å². The summed E-state index contributed by atoms with van der Waals surface area (Å²) in [7, 11) is 0. The van der Waals surface area contributed by atoms with Crippen LogP contribution in [0.3, 0.4) is 0 Å². The number of rotatable bonds is 1. The van der Waals surface area contributed by atoms with Crippen LogP contribution in [-0.4, -0.2) is 22.8 Å². The Morgan fingerprint density at radius 3 is 2.84 bits per heavy atom. The van der Waals surface area contributed by atoms with E-state index in [4.69, 9.17) is 9.47 Å². The smallest absolute Gasteiger partial charge is 0.207 e. The number of carbonyl (C=O) groups excluding carboxylic acids is 1. The number of ketones is 1. The molecular formula is C15H18O4. The van der Waals surface area contributed by atoms with Gasteiger partial charge in [0, 0.05) is 12.0 Å². The Morgan fingerprint density at radius 2 is 2.16 bits per heavy atom. The highest BCUT2D eigenvalue weighted by Crippen LogP contribution is 2.40. The molecule has 0 radical (unpaired) electrons. The second-order valence-corrected chi connectivity index (χ2v) is 5.87. The van der Waals surface area contributed by atoms with E-state index in [0.29, 0.717) is 17.7 Å². The van der Waals surface area contributed by atoms with Gasteiger partial charge in [-0.15, -0.1) is 0 Å². The second kappa shape index (κ2) is 4.05. The molecule has 0 aromatic heterocycles. The van der Waals surface area contributed by atoms with Gasteiger partial charge in [-0.1, -0.05) is 19.9 Å². The molecule has 0 bridgehead atoms. The molecule has 0 aliphatic carbocycles. The lowest BCUT2D eigenvalue weighted by atomic mass is 9.93. The van der Waals surface area contributed by atoms with Crippen LogP contribution in [0.4, 0.5) is 0 Å². The second-order valence-electron chi connectivity index (χ2n) is 5.87. The average molecular weight is 262 g/mol. The van der Waals surface area contributed by atoms with Gasteiger partial charge in [-0.05, 0) is 24.5 Å². The standard InChI is InChI=1S/C15H18O4/c1-8(2)13-12(16)10-5-4-9-6-15(3,17)18-7-11(9)14(10)19-13/h4-5,8,13,17H,6-7H2,1-3H3/t13?,15-/m1/s1. The fourth-order valence-corrected chi connectivity index (χ4v) is 2.73. The van der Waals surface area contributed by atoms with Gasteiger partial charge in [-0.2, -0.15) is 0 Å². The van der Waals surface area contributed by atoms with Crippen LogP contribution in [-0.2, 0) is 17.8 Å². The lowest BCUT2D eigenvalue weighted by molar-refractivity contribution is -0.204. The van der Waals surface area contributed by atoms with Crippen molar-refractivity contribution in [2.45, 2.75) is 45.7 Å². The maximum atomic E-state index is 12.2. The predicted molar refractivity (Wildman–Crippen MR) is 69.1 cm³/mol. The molecule has 0 spiro atoms. The van der Waals surface area contributed by atoms with Crippen molar-refractivity contribution in [3.05, 3.63) is 28.8 Å². The van der Waals surface area contributed by atoms with E-state index in [9.17, 15) is 9.90 Å². The summed E-state index contributed by atoms with van der Waals surface area (Å²) < 4.78 is 11.2. The number of aliphatic hydroxyl groups is 1. The van der Waals surface area contributed by atoms with E-state index in [2.05, 4.69) is 0 Å². The van der Waals surface area contributed by atoms with Gasteiger partial charge in [-0.3, -0.25) is 4.79 Å². The molecule has 2 atom stereocenters. The van der Waals surface area contributed by atoms with Gasteiger partial charge < -0.3 is 14.6 Å². The van der Waals surface area contributed by atoms with Crippen molar-refractivity contribution in [1.29, 1.82) is 0 Å². The molecule has 2 aliphatic rings. The lowest BCUT2D eigenvalue weighted by Gasteiger charge is -2.31. The third kappa shape index (κ3) is 1.95. The molecular weight excluding hydrogens is 244 g/mol. The van der Waals surface area contributed by atoms with E-state index in [0.717, 1.165) is 11.1 Å². The normalized spacial score (nSPS) is 29.1. The van der Waals surface area contributed by atoms with Crippen molar-refractivity contribution in [2.24, 2.45) is 5.92 Å². The zero-order valence-corrected chi connectivity index (χ0v) is 11.4. The first kappa shape index (κ1) is 12.6.